The summed E-state index contributed by atoms with van der Waals surface area (Å²) >= 11 is 0. The summed E-state index contributed by atoms with van der Waals surface area (Å²) in [5.41, 5.74) is 12.5. The molecule has 464 valence electrons. The lowest BCUT2D eigenvalue weighted by molar-refractivity contribution is -0.156. The van der Waals surface area contributed by atoms with Crippen molar-refractivity contribution in [3.8, 4) is 11.4 Å². The van der Waals surface area contributed by atoms with Crippen LogP contribution in [0.25, 0.3) is 22.4 Å². The largest absolute Gasteiger partial charge is 0.461 e. The normalized spacial score (nSPS) is 17.2. The maximum absolute atomic E-state index is 15.4. The second-order valence-electron chi connectivity index (χ2n) is 20.5. The third kappa shape index (κ3) is 22.8. The van der Waals surface area contributed by atoms with Crippen molar-refractivity contribution in [3.63, 3.8) is 0 Å². The van der Waals surface area contributed by atoms with Crippen LogP contribution >= 0.6 is 0 Å². The number of halogens is 2. The summed E-state index contributed by atoms with van der Waals surface area (Å²) in [5.74, 6) is -4.01. The summed E-state index contributed by atoms with van der Waals surface area (Å²) in [6.45, 7) is 10.5. The van der Waals surface area contributed by atoms with Gasteiger partial charge < -0.3 is 85.7 Å². The quantitative estimate of drug-likeness (QED) is 0.0231. The number of aromatic amines is 1. The molecule has 3 saturated carbocycles. The van der Waals surface area contributed by atoms with Crippen molar-refractivity contribution in [2.45, 2.75) is 83.5 Å². The lowest BCUT2D eigenvalue weighted by Gasteiger charge is -2.47. The van der Waals surface area contributed by atoms with Gasteiger partial charge in [0.15, 0.2) is 17.5 Å². The summed E-state index contributed by atoms with van der Waals surface area (Å²) < 4.78 is 79.0. The highest BCUT2D eigenvalue weighted by atomic mass is 19.1. The first-order valence-electron chi connectivity index (χ1n) is 28.7. The highest BCUT2D eigenvalue weighted by molar-refractivity contribution is 5.98. The van der Waals surface area contributed by atoms with Crippen molar-refractivity contribution in [2.24, 2.45) is 35.1 Å². The molecule has 4 aromatic rings. The van der Waals surface area contributed by atoms with Crippen LogP contribution in [0, 0.1) is 35.3 Å². The third-order valence-corrected chi connectivity index (χ3v) is 14.1. The number of rotatable bonds is 42. The lowest BCUT2D eigenvalue weighted by atomic mass is 9.61. The van der Waals surface area contributed by atoms with Crippen molar-refractivity contribution in [3.05, 3.63) is 66.1 Å². The van der Waals surface area contributed by atoms with Crippen LogP contribution in [0.3, 0.4) is 0 Å². The molecule has 25 nitrogen and oxygen atoms in total. The molecule has 84 heavy (non-hydrogen) atoms. The first kappa shape index (κ1) is 66.6. The van der Waals surface area contributed by atoms with Gasteiger partial charge in [0.25, 0.3) is 0 Å². The minimum Gasteiger partial charge on any atom is -0.461 e. The number of primary amides is 1. The molecule has 3 fully saturated rings. The minimum absolute atomic E-state index is 0.0105. The number of fused-ring (bicyclic) bond motifs is 4. The molecule has 2 bridgehead atoms. The van der Waals surface area contributed by atoms with Crippen molar-refractivity contribution in [1.29, 1.82) is 0 Å². The number of nitrogens with zero attached hydrogens (tertiary/aromatic N) is 3. The first-order chi connectivity index (χ1) is 40.8. The van der Waals surface area contributed by atoms with E-state index < -0.39 is 65.4 Å². The second kappa shape index (κ2) is 37.0. The monoisotopic (exact) mass is 1180 g/mol. The molecule has 0 saturated heterocycles. The van der Waals surface area contributed by atoms with Crippen molar-refractivity contribution < 1.29 is 75.4 Å². The van der Waals surface area contributed by atoms with E-state index in [0.717, 1.165) is 38.1 Å². The Morgan fingerprint density at radius 2 is 1.29 bits per heavy atom. The zero-order chi connectivity index (χ0) is 59.9. The summed E-state index contributed by atoms with van der Waals surface area (Å²) in [7, 11) is 0. The highest BCUT2D eigenvalue weighted by Gasteiger charge is 2.48. The van der Waals surface area contributed by atoms with Gasteiger partial charge in [-0.3, -0.25) is 19.2 Å². The maximum atomic E-state index is 15.4. The fraction of sp³-hybridized carbons (Fsp3) is 0.614. The van der Waals surface area contributed by atoms with Crippen LogP contribution in [-0.4, -0.2) is 187 Å². The van der Waals surface area contributed by atoms with Crippen LogP contribution < -0.4 is 38.1 Å². The Hall–Kier alpha value is -6.56. The van der Waals surface area contributed by atoms with Gasteiger partial charge in [-0.15, -0.1) is 0 Å². The lowest BCUT2D eigenvalue weighted by Crippen LogP contribution is -2.54. The molecule has 3 aliphatic carbocycles. The number of amides is 5. The molecular weight excluding hydrogens is 1100 g/mol. The van der Waals surface area contributed by atoms with Crippen molar-refractivity contribution >= 4 is 52.3 Å². The zero-order valence-corrected chi connectivity index (χ0v) is 48.0. The van der Waals surface area contributed by atoms with Crippen LogP contribution in [0.1, 0.15) is 64.4 Å². The number of pyridine rings is 1. The topological polar surface area (TPSA) is 335 Å². The van der Waals surface area contributed by atoms with E-state index in [1.54, 1.807) is 44.3 Å². The van der Waals surface area contributed by atoms with Gasteiger partial charge in [-0.1, -0.05) is 26.0 Å². The molecule has 10 N–H and O–H groups in total. The number of hydrogen-bond acceptors (Lipinski definition) is 19. The fourth-order valence-electron chi connectivity index (χ4n) is 9.80. The number of esters is 1. The predicted octanol–water partition coefficient (Wildman–Crippen LogP) is 3.75. The van der Waals surface area contributed by atoms with Gasteiger partial charge in [-0.05, 0) is 80.0 Å². The number of ether oxygens (including phenoxy) is 9. The van der Waals surface area contributed by atoms with Crippen LogP contribution in [0.5, 0.6) is 0 Å². The number of benzene rings is 1. The average Bonchev–Trinajstić information content (AvgIpc) is 3.31. The van der Waals surface area contributed by atoms with E-state index in [1.807, 2.05) is 0 Å². The predicted molar refractivity (Wildman–Crippen MR) is 304 cm³/mol. The number of carbonyl (C=O) groups is 5. The molecule has 3 aliphatic rings. The molecule has 3 aromatic heterocycles. The van der Waals surface area contributed by atoms with Crippen LogP contribution in [0.15, 0.2) is 48.9 Å². The van der Waals surface area contributed by atoms with E-state index in [0.29, 0.717) is 120 Å². The van der Waals surface area contributed by atoms with Crippen LogP contribution in [0.2, 0.25) is 0 Å². The van der Waals surface area contributed by atoms with Gasteiger partial charge in [-0.25, -0.2) is 28.5 Å². The minimum atomic E-state index is -1.07. The van der Waals surface area contributed by atoms with E-state index >= 15 is 4.39 Å². The van der Waals surface area contributed by atoms with E-state index in [4.69, 9.17) is 54.1 Å². The molecular formula is C57H83F2N11O14. The zero-order valence-electron chi connectivity index (χ0n) is 48.0. The van der Waals surface area contributed by atoms with E-state index in [1.165, 1.54) is 6.07 Å². The molecule has 4 atom stereocenters. The first-order valence-corrected chi connectivity index (χ1v) is 28.7. The number of H-pyrrole nitrogens is 1. The number of carbonyl (C=O) groups excluding carboxylic acids is 5. The SMILES string of the molecule is CC(C)[C@H](NC(=O)CCOCCOCCOCCOCCOCCOCCOCCOCCN)C(=O)N[C@@H](CCCNC(N)=O)C(=O)Nc1ccc(COC(=O)[C@H]2C3CCC(CC3)[C@@H]2Nc2nc(-c3c[nH]c4ncc(F)cc34)ncc2F)cc1. The average molecular weight is 1180 g/mol. The third-order valence-electron chi connectivity index (χ3n) is 14.1. The molecule has 0 aliphatic heterocycles. The van der Waals surface area contributed by atoms with Crippen molar-refractivity contribution in [1.82, 2.24) is 35.9 Å². The van der Waals surface area contributed by atoms with Gasteiger partial charge in [-0.2, -0.15) is 0 Å². The maximum Gasteiger partial charge on any atom is 0.312 e. The number of hydrogen-bond donors (Lipinski definition) is 8. The van der Waals surface area contributed by atoms with Crippen LogP contribution in [0.4, 0.5) is 25.1 Å². The molecule has 0 unspecified atom stereocenters. The molecule has 3 heterocycles. The van der Waals surface area contributed by atoms with Crippen molar-refractivity contribution in [2.75, 3.05) is 129 Å². The highest BCUT2D eigenvalue weighted by Crippen LogP contribution is 2.47. The van der Waals surface area contributed by atoms with E-state index in [2.05, 4.69) is 46.5 Å². The number of urea groups is 1. The Morgan fingerprint density at radius 1 is 0.714 bits per heavy atom. The summed E-state index contributed by atoms with van der Waals surface area (Å²) in [5, 5.41) is 14.5. The van der Waals surface area contributed by atoms with Gasteiger partial charge in [0, 0.05) is 48.4 Å². The number of nitrogens with one attached hydrogen (secondary N) is 6. The molecule has 0 spiro atoms. The smallest absolute Gasteiger partial charge is 0.312 e. The van der Waals surface area contributed by atoms with Crippen LogP contribution in [-0.2, 0) is 68.4 Å². The Labute approximate surface area is 487 Å². The number of nitrogens with two attached hydrogens (primary N) is 2. The number of anilines is 2. The molecule has 5 amide bonds. The van der Waals surface area contributed by atoms with Gasteiger partial charge in [0.2, 0.25) is 17.7 Å². The summed E-state index contributed by atoms with van der Waals surface area (Å²) in [4.78, 5) is 81.4. The van der Waals surface area contributed by atoms with E-state index in [-0.39, 0.29) is 81.6 Å². The van der Waals surface area contributed by atoms with Gasteiger partial charge >= 0.3 is 12.0 Å². The Kier molecular flexibility index (Phi) is 29.3. The standard InChI is InChI=1S/C57H83F2N11O14/c1-37(2)49(68-47(71)13-16-76-18-20-78-22-24-80-26-28-82-30-31-83-29-27-81-25-23-79-21-19-77-17-14-60)55(73)67-46(4-3-15-62-57(61)75)54(72)66-42-11-5-38(6-12-42)36-84-56(74)48-39-7-9-40(10-8-39)50(48)69-53-45(59)35-65-52(70-53)44-34-64-51-43(44)32-41(58)33-63-51/h5-6,11-12,32-35,37,39-40,46,48-50H,3-4,7-10,13-31,36,60H2,1-2H3,(H,63,64)(H,66,72)(H,67,73)(H,68,71)(H3,61,62,75)(H,65,69,70)/t39?,40?,46-,48-,49-,50-/m0/s1. The Morgan fingerprint density at radius 3 is 1.86 bits per heavy atom. The second-order valence-corrected chi connectivity index (χ2v) is 20.5. The van der Waals surface area contributed by atoms with E-state index in [9.17, 15) is 28.4 Å². The molecule has 0 radical (unpaired) electrons. The Bertz CT molecular complexity index is 2630. The number of aromatic nitrogens is 4. The summed E-state index contributed by atoms with van der Waals surface area (Å²) in [6, 6.07) is 4.70. The molecule has 7 rings (SSSR count). The summed E-state index contributed by atoms with van der Waals surface area (Å²) in [6.07, 6.45) is 7.45. The molecule has 1 aromatic carbocycles. The fourth-order valence-corrected chi connectivity index (χ4v) is 9.80. The van der Waals surface area contributed by atoms with Gasteiger partial charge in [0.1, 0.15) is 30.2 Å². The Balaban J connectivity index is 0.869. The van der Waals surface area contributed by atoms with Gasteiger partial charge in [0.05, 0.1) is 124 Å². The molecule has 27 heteroatoms.